The van der Waals surface area contributed by atoms with E-state index in [1.54, 1.807) is 6.92 Å². The number of ether oxygens (including phenoxy) is 3. The highest BCUT2D eigenvalue weighted by Gasteiger charge is 2.39. The van der Waals surface area contributed by atoms with Crippen LogP contribution in [0.2, 0.25) is 0 Å². The summed E-state index contributed by atoms with van der Waals surface area (Å²) in [6, 6.07) is 31.5. The molecule has 288 valence electrons. The standard InChI is InChI=1S/C43H49N5O7/c1-3-53-39(50)25-45-42(51)44-24-33-8-4-5-9-35(33)30-16-18-32(19-17-30)41-54-38(28(2)40(55-41)31-14-12-29(27-49)13-15-31)26-47-22-20-34(21-23-47)48-37-11-7-6-10-36(37)46-43(48)52/h4-19,28,34,38,40-41,49H,3,20-27H2,1-2H3,(H,46,52)(H2,44,45,51)/t28-,38+,40+,41+/m0/s1. The van der Waals surface area contributed by atoms with Crippen LogP contribution in [0.25, 0.3) is 22.2 Å². The van der Waals surface area contributed by atoms with Crippen molar-refractivity contribution < 1.29 is 28.9 Å². The third-order valence-corrected chi connectivity index (χ3v) is 10.8. The molecule has 0 unspecified atom stereocenters. The van der Waals surface area contributed by atoms with Crippen LogP contribution < -0.4 is 16.3 Å². The number of imidazole rings is 1. The quantitative estimate of drug-likeness (QED) is 0.114. The molecule has 3 heterocycles. The first-order chi connectivity index (χ1) is 26.8. The molecule has 7 rings (SSSR count). The SMILES string of the molecule is CCOC(=O)CNC(=O)NCc1ccccc1-c1ccc([C@@H]2O[C@H](CN3CCC(n4c(=O)[nH]c5ccccc54)CC3)[C@H](C)[C@H](c3ccc(CO)cc3)O2)cc1. The number of H-pyrrole nitrogens is 1. The van der Waals surface area contributed by atoms with E-state index in [1.807, 2.05) is 102 Å². The van der Waals surface area contributed by atoms with Crippen molar-refractivity contribution in [1.29, 1.82) is 0 Å². The summed E-state index contributed by atoms with van der Waals surface area (Å²) in [5, 5.41) is 15.0. The van der Waals surface area contributed by atoms with Crippen molar-refractivity contribution in [3.63, 3.8) is 0 Å². The first-order valence-electron chi connectivity index (χ1n) is 19.1. The highest BCUT2D eigenvalue weighted by atomic mass is 16.7. The minimum absolute atomic E-state index is 0.0232. The minimum atomic E-state index is -0.611. The van der Waals surface area contributed by atoms with E-state index in [0.29, 0.717) is 0 Å². The Morgan fingerprint density at radius 1 is 0.891 bits per heavy atom. The average Bonchev–Trinajstić information content (AvgIpc) is 3.56. The van der Waals surface area contributed by atoms with Crippen LogP contribution in [0.4, 0.5) is 4.79 Å². The Labute approximate surface area is 320 Å². The number of amides is 2. The van der Waals surface area contributed by atoms with Crippen molar-refractivity contribution in [2.45, 2.75) is 64.4 Å². The number of hydrogen-bond donors (Lipinski definition) is 4. The molecular formula is C43H49N5O7. The van der Waals surface area contributed by atoms with Crippen molar-refractivity contribution in [3.8, 4) is 11.1 Å². The topological polar surface area (TPSA) is 147 Å². The maximum atomic E-state index is 12.9. The molecule has 5 aromatic rings. The largest absolute Gasteiger partial charge is 0.465 e. The van der Waals surface area contributed by atoms with E-state index in [0.717, 1.165) is 76.9 Å². The number of likely N-dealkylation sites (tertiary alicyclic amines) is 1. The molecule has 0 saturated carbocycles. The summed E-state index contributed by atoms with van der Waals surface area (Å²) < 4.78 is 20.3. The van der Waals surface area contributed by atoms with Crippen LogP contribution in [0.5, 0.6) is 0 Å². The number of para-hydroxylation sites is 2. The Morgan fingerprint density at radius 2 is 1.60 bits per heavy atom. The summed E-state index contributed by atoms with van der Waals surface area (Å²) in [5.41, 5.74) is 7.40. The third-order valence-electron chi connectivity index (χ3n) is 10.8. The molecule has 1 aromatic heterocycles. The zero-order chi connectivity index (χ0) is 38.3. The number of rotatable bonds is 12. The Morgan fingerprint density at radius 3 is 2.35 bits per heavy atom. The van der Waals surface area contributed by atoms with Gasteiger partial charge in [0.25, 0.3) is 0 Å². The van der Waals surface area contributed by atoms with Gasteiger partial charge in [-0.2, -0.15) is 0 Å². The molecule has 4 atom stereocenters. The predicted octanol–water partition coefficient (Wildman–Crippen LogP) is 5.98. The normalized spacial score (nSPS) is 20.6. The molecule has 0 radical (unpaired) electrons. The Hall–Kier alpha value is -5.27. The molecule has 12 heteroatoms. The lowest BCUT2D eigenvalue weighted by Crippen LogP contribution is -2.47. The lowest BCUT2D eigenvalue weighted by Gasteiger charge is -2.44. The minimum Gasteiger partial charge on any atom is -0.465 e. The van der Waals surface area contributed by atoms with Crippen LogP contribution in [0, 0.1) is 5.92 Å². The summed E-state index contributed by atoms with van der Waals surface area (Å²) in [7, 11) is 0. The van der Waals surface area contributed by atoms with E-state index in [9.17, 15) is 19.5 Å². The highest BCUT2D eigenvalue weighted by molar-refractivity contribution is 5.81. The molecule has 0 bridgehead atoms. The first kappa shape index (κ1) is 38.0. The van der Waals surface area contributed by atoms with E-state index in [4.69, 9.17) is 14.2 Å². The molecule has 4 N–H and O–H groups in total. The van der Waals surface area contributed by atoms with Gasteiger partial charge >= 0.3 is 17.7 Å². The number of hydrogen-bond acceptors (Lipinski definition) is 8. The number of carbonyl (C=O) groups excluding carboxylic acids is 2. The maximum Gasteiger partial charge on any atom is 0.326 e. The van der Waals surface area contributed by atoms with Crippen molar-refractivity contribution in [1.82, 2.24) is 25.1 Å². The highest BCUT2D eigenvalue weighted by Crippen LogP contribution is 2.42. The zero-order valence-corrected chi connectivity index (χ0v) is 31.3. The number of esters is 1. The molecule has 0 spiro atoms. The van der Waals surface area contributed by atoms with Crippen LogP contribution >= 0.6 is 0 Å². The smallest absolute Gasteiger partial charge is 0.326 e. The predicted molar refractivity (Wildman–Crippen MR) is 209 cm³/mol. The van der Waals surface area contributed by atoms with Gasteiger partial charge in [-0.05, 0) is 59.7 Å². The molecule has 2 saturated heterocycles. The molecular weight excluding hydrogens is 699 g/mol. The number of aliphatic hydroxyl groups excluding tert-OH is 1. The number of urea groups is 1. The lowest BCUT2D eigenvalue weighted by molar-refractivity contribution is -0.276. The lowest BCUT2D eigenvalue weighted by atomic mass is 9.89. The first-order valence-corrected chi connectivity index (χ1v) is 19.1. The fourth-order valence-corrected chi connectivity index (χ4v) is 7.76. The monoisotopic (exact) mass is 747 g/mol. The number of benzene rings is 4. The van der Waals surface area contributed by atoms with Crippen molar-refractivity contribution >= 4 is 23.0 Å². The van der Waals surface area contributed by atoms with Gasteiger partial charge in [0.1, 0.15) is 6.54 Å². The van der Waals surface area contributed by atoms with E-state index < -0.39 is 18.3 Å². The number of fused-ring (bicyclic) bond motifs is 1. The molecule has 12 nitrogen and oxygen atoms in total. The van der Waals surface area contributed by atoms with Gasteiger partial charge in [-0.1, -0.05) is 91.9 Å². The van der Waals surface area contributed by atoms with Gasteiger partial charge < -0.3 is 39.8 Å². The van der Waals surface area contributed by atoms with E-state index in [-0.39, 0.29) is 56.2 Å². The average molecular weight is 748 g/mol. The molecule has 4 aromatic carbocycles. The van der Waals surface area contributed by atoms with E-state index in [1.165, 1.54) is 0 Å². The molecule has 2 aliphatic heterocycles. The second-order valence-electron chi connectivity index (χ2n) is 14.3. The number of nitrogens with one attached hydrogen (secondary N) is 3. The zero-order valence-electron chi connectivity index (χ0n) is 31.3. The van der Waals surface area contributed by atoms with Gasteiger partial charge in [-0.3, -0.25) is 9.36 Å². The number of piperidine rings is 1. The van der Waals surface area contributed by atoms with Gasteiger partial charge in [0.15, 0.2) is 6.29 Å². The summed E-state index contributed by atoms with van der Waals surface area (Å²) in [6.07, 6.45) is 0.757. The second kappa shape index (κ2) is 17.5. The van der Waals surface area contributed by atoms with Crippen LogP contribution in [0.3, 0.4) is 0 Å². The number of carbonyl (C=O) groups is 2. The van der Waals surface area contributed by atoms with Crippen LogP contribution in [-0.4, -0.2) is 70.4 Å². The van der Waals surface area contributed by atoms with Crippen molar-refractivity contribution in [3.05, 3.63) is 130 Å². The Kier molecular flexibility index (Phi) is 12.1. The molecule has 2 fully saturated rings. The van der Waals surface area contributed by atoms with Gasteiger partial charge in [0.05, 0.1) is 36.5 Å². The van der Waals surface area contributed by atoms with Crippen molar-refractivity contribution in [2.75, 3.05) is 32.8 Å². The van der Waals surface area contributed by atoms with E-state index in [2.05, 4.69) is 27.4 Å². The number of aromatic amines is 1. The number of aliphatic hydroxyl groups is 1. The fourth-order valence-electron chi connectivity index (χ4n) is 7.76. The van der Waals surface area contributed by atoms with Gasteiger partial charge in [0, 0.05) is 43.7 Å². The summed E-state index contributed by atoms with van der Waals surface area (Å²) in [5.74, 6) is -0.449. The number of nitrogens with zero attached hydrogens (tertiary/aromatic N) is 2. The van der Waals surface area contributed by atoms with Gasteiger partial charge in [0.2, 0.25) is 0 Å². The maximum absolute atomic E-state index is 12.9. The van der Waals surface area contributed by atoms with Crippen LogP contribution in [0.1, 0.15) is 67.4 Å². The van der Waals surface area contributed by atoms with Crippen LogP contribution in [-0.2, 0) is 32.2 Å². The Balaban J connectivity index is 1.05. The number of aromatic nitrogens is 2. The third kappa shape index (κ3) is 8.84. The molecule has 2 amide bonds. The second-order valence-corrected chi connectivity index (χ2v) is 14.3. The van der Waals surface area contributed by atoms with E-state index >= 15 is 0 Å². The summed E-state index contributed by atoms with van der Waals surface area (Å²) >= 11 is 0. The molecule has 0 aliphatic carbocycles. The molecule has 2 aliphatic rings. The molecule has 55 heavy (non-hydrogen) atoms. The van der Waals surface area contributed by atoms with Gasteiger partial charge in [-0.15, -0.1) is 0 Å². The van der Waals surface area contributed by atoms with Crippen molar-refractivity contribution in [2.24, 2.45) is 5.92 Å². The Bertz CT molecular complexity index is 2120. The fraction of sp³-hybridized carbons (Fsp3) is 0.372. The van der Waals surface area contributed by atoms with Crippen LogP contribution in [0.15, 0.2) is 102 Å². The van der Waals surface area contributed by atoms with Gasteiger partial charge in [-0.25, -0.2) is 9.59 Å². The summed E-state index contributed by atoms with van der Waals surface area (Å²) in [4.78, 5) is 42.3. The summed E-state index contributed by atoms with van der Waals surface area (Å²) in [6.45, 7) is 6.62.